The van der Waals surface area contributed by atoms with Gasteiger partial charge in [0.1, 0.15) is 11.2 Å². The van der Waals surface area contributed by atoms with E-state index >= 15 is 0 Å². The number of nitrogens with one attached hydrogen (secondary N) is 2. The quantitative estimate of drug-likeness (QED) is 0.773. The van der Waals surface area contributed by atoms with Crippen molar-refractivity contribution in [3.05, 3.63) is 47.3 Å². The third-order valence-corrected chi connectivity index (χ3v) is 6.34. The number of aryl methyl sites for hydroxylation is 1. The fourth-order valence-electron chi connectivity index (χ4n) is 4.49. The minimum Gasteiger partial charge on any atom is -0.351 e. The van der Waals surface area contributed by atoms with Crippen molar-refractivity contribution in [3.63, 3.8) is 0 Å². The Hall–Kier alpha value is -3.16. The summed E-state index contributed by atoms with van der Waals surface area (Å²) in [4.78, 5) is 40.7. The van der Waals surface area contributed by atoms with Gasteiger partial charge < -0.3 is 15.5 Å². The van der Waals surface area contributed by atoms with Crippen molar-refractivity contribution in [2.24, 2.45) is 0 Å². The number of fused-ring (bicyclic) bond motifs is 1. The van der Waals surface area contributed by atoms with E-state index in [1.807, 2.05) is 38.1 Å². The molecule has 1 atom stereocenters. The van der Waals surface area contributed by atoms with Crippen LogP contribution >= 0.6 is 0 Å². The molecule has 2 N–H and O–H groups in total. The van der Waals surface area contributed by atoms with Crippen molar-refractivity contribution < 1.29 is 14.4 Å². The number of likely N-dealkylation sites (N-methyl/N-ethyl adjacent to an activating group) is 1. The number of carbonyl (C=O) groups is 3. The Morgan fingerprint density at radius 2 is 1.87 bits per heavy atom. The average Bonchev–Trinajstić information content (AvgIpc) is 3.40. The van der Waals surface area contributed by atoms with Gasteiger partial charge >= 0.3 is 0 Å². The number of aromatic nitrogens is 2. The predicted octanol–water partition coefficient (Wildman–Crippen LogP) is 2.74. The second-order valence-electron chi connectivity index (χ2n) is 8.67. The molecule has 4 rings (SSSR count). The first-order valence-corrected chi connectivity index (χ1v) is 10.9. The lowest BCUT2D eigenvalue weighted by atomic mass is 9.94. The molecular formula is C23H29N5O3. The zero-order chi connectivity index (χ0) is 22.2. The van der Waals surface area contributed by atoms with Crippen LogP contribution in [0.4, 0.5) is 5.69 Å². The lowest BCUT2D eigenvalue weighted by Gasteiger charge is -2.43. The van der Waals surface area contributed by atoms with Crippen molar-refractivity contribution in [1.29, 1.82) is 0 Å². The van der Waals surface area contributed by atoms with Gasteiger partial charge in [0.25, 0.3) is 11.8 Å². The van der Waals surface area contributed by atoms with Gasteiger partial charge in [-0.25, -0.2) is 0 Å². The van der Waals surface area contributed by atoms with E-state index < -0.39 is 11.4 Å². The molecule has 2 heterocycles. The maximum atomic E-state index is 13.2. The lowest BCUT2D eigenvalue weighted by molar-refractivity contribution is -0.133. The molecule has 1 aliphatic carbocycles. The van der Waals surface area contributed by atoms with Gasteiger partial charge in [-0.2, -0.15) is 5.10 Å². The summed E-state index contributed by atoms with van der Waals surface area (Å²) in [7, 11) is 0. The van der Waals surface area contributed by atoms with Crippen LogP contribution in [-0.2, 0) is 11.3 Å². The van der Waals surface area contributed by atoms with Crippen LogP contribution in [0, 0.1) is 6.92 Å². The molecule has 164 valence electrons. The minimum atomic E-state index is -1.06. The van der Waals surface area contributed by atoms with Crippen molar-refractivity contribution in [2.45, 2.75) is 64.6 Å². The Morgan fingerprint density at radius 3 is 2.52 bits per heavy atom. The number of nitrogens with zero attached hydrogens (tertiary/aromatic N) is 3. The van der Waals surface area contributed by atoms with Crippen LogP contribution in [0.5, 0.6) is 0 Å². The molecule has 3 amide bonds. The van der Waals surface area contributed by atoms with E-state index in [1.165, 1.54) is 10.7 Å². The molecule has 0 spiro atoms. The normalized spacial score (nSPS) is 21.1. The lowest BCUT2D eigenvalue weighted by Crippen LogP contribution is -2.64. The Morgan fingerprint density at radius 1 is 1.19 bits per heavy atom. The Labute approximate surface area is 182 Å². The largest absolute Gasteiger partial charge is 0.351 e. The number of hydrogen-bond acceptors (Lipinski definition) is 4. The van der Waals surface area contributed by atoms with Crippen LogP contribution in [0.3, 0.4) is 0 Å². The first-order chi connectivity index (χ1) is 14.8. The molecule has 1 fully saturated rings. The SMILES string of the molecule is CCN1C(=O)c2cc(C(=O)Nc3ccc(C)cc3)nn2C[C@@]1(C)C(=O)NC1CCCC1. The van der Waals surface area contributed by atoms with Gasteiger partial charge in [-0.15, -0.1) is 0 Å². The van der Waals surface area contributed by atoms with E-state index in [2.05, 4.69) is 15.7 Å². The highest BCUT2D eigenvalue weighted by atomic mass is 16.2. The third-order valence-electron chi connectivity index (χ3n) is 6.34. The zero-order valence-corrected chi connectivity index (χ0v) is 18.3. The van der Waals surface area contributed by atoms with Crippen molar-refractivity contribution >= 4 is 23.4 Å². The second kappa shape index (κ2) is 8.17. The number of carbonyl (C=O) groups excluding carboxylic acids is 3. The summed E-state index contributed by atoms with van der Waals surface area (Å²) in [6, 6.07) is 9.11. The van der Waals surface area contributed by atoms with Gasteiger partial charge in [-0.3, -0.25) is 19.1 Å². The summed E-state index contributed by atoms with van der Waals surface area (Å²) in [6.45, 7) is 6.20. The Kier molecular flexibility index (Phi) is 5.56. The second-order valence-corrected chi connectivity index (χ2v) is 8.67. The first-order valence-electron chi connectivity index (χ1n) is 10.9. The smallest absolute Gasteiger partial charge is 0.276 e. The highest BCUT2D eigenvalue weighted by molar-refractivity contribution is 6.05. The molecule has 8 heteroatoms. The molecule has 2 aromatic rings. The van der Waals surface area contributed by atoms with Crippen LogP contribution in [0.15, 0.2) is 30.3 Å². The van der Waals surface area contributed by atoms with Crippen LogP contribution in [-0.4, -0.2) is 50.5 Å². The van der Waals surface area contributed by atoms with Crippen LogP contribution in [0.1, 0.15) is 66.1 Å². The monoisotopic (exact) mass is 423 g/mol. The predicted molar refractivity (Wildman–Crippen MR) is 117 cm³/mol. The van der Waals surface area contributed by atoms with Gasteiger partial charge in [-0.05, 0) is 45.7 Å². The molecule has 0 unspecified atom stereocenters. The fraction of sp³-hybridized carbons (Fsp3) is 0.478. The Bertz CT molecular complexity index is 1010. The van der Waals surface area contributed by atoms with Gasteiger partial charge in [0.15, 0.2) is 5.69 Å². The number of benzene rings is 1. The molecule has 1 saturated carbocycles. The molecule has 1 aliphatic heterocycles. The topological polar surface area (TPSA) is 96.3 Å². The maximum Gasteiger partial charge on any atom is 0.276 e. The number of anilines is 1. The minimum absolute atomic E-state index is 0.153. The average molecular weight is 424 g/mol. The number of amides is 3. The highest BCUT2D eigenvalue weighted by Crippen LogP contribution is 2.28. The van der Waals surface area contributed by atoms with Crippen molar-refractivity contribution in [3.8, 4) is 0 Å². The van der Waals surface area contributed by atoms with E-state index in [1.54, 1.807) is 11.8 Å². The van der Waals surface area contributed by atoms with Crippen molar-refractivity contribution in [2.75, 3.05) is 11.9 Å². The van der Waals surface area contributed by atoms with Gasteiger partial charge in [0, 0.05) is 24.3 Å². The van der Waals surface area contributed by atoms with Crippen molar-refractivity contribution in [1.82, 2.24) is 20.0 Å². The van der Waals surface area contributed by atoms with Gasteiger partial charge in [0.05, 0.1) is 6.54 Å². The molecule has 1 aromatic carbocycles. The summed E-state index contributed by atoms with van der Waals surface area (Å²) in [6.07, 6.45) is 4.16. The van der Waals surface area contributed by atoms with Crippen LogP contribution in [0.25, 0.3) is 0 Å². The fourth-order valence-corrected chi connectivity index (χ4v) is 4.49. The van der Waals surface area contributed by atoms with E-state index in [4.69, 9.17) is 0 Å². The van der Waals surface area contributed by atoms with Crippen LogP contribution < -0.4 is 10.6 Å². The summed E-state index contributed by atoms with van der Waals surface area (Å²) < 4.78 is 1.49. The van der Waals surface area contributed by atoms with Crippen LogP contribution in [0.2, 0.25) is 0 Å². The molecule has 31 heavy (non-hydrogen) atoms. The molecule has 1 aromatic heterocycles. The summed E-state index contributed by atoms with van der Waals surface area (Å²) in [5.41, 5.74) is 1.17. The number of hydrogen-bond donors (Lipinski definition) is 2. The van der Waals surface area contributed by atoms with Gasteiger partial charge in [0.2, 0.25) is 5.91 Å². The van der Waals surface area contributed by atoms with Gasteiger partial charge in [-0.1, -0.05) is 30.5 Å². The van der Waals surface area contributed by atoms with E-state index in [-0.39, 0.29) is 30.1 Å². The molecule has 2 aliphatic rings. The van der Waals surface area contributed by atoms with E-state index in [0.29, 0.717) is 17.9 Å². The maximum absolute atomic E-state index is 13.2. The number of rotatable bonds is 5. The zero-order valence-electron chi connectivity index (χ0n) is 18.3. The summed E-state index contributed by atoms with van der Waals surface area (Å²) in [5.74, 6) is -0.847. The Balaban J connectivity index is 1.57. The highest BCUT2D eigenvalue weighted by Gasteiger charge is 2.48. The third kappa shape index (κ3) is 3.94. The summed E-state index contributed by atoms with van der Waals surface area (Å²) in [5, 5.41) is 10.3. The molecule has 0 radical (unpaired) electrons. The molecular weight excluding hydrogens is 394 g/mol. The molecule has 8 nitrogen and oxygen atoms in total. The first kappa shape index (κ1) is 21.1. The van der Waals surface area contributed by atoms with E-state index in [9.17, 15) is 14.4 Å². The standard InChI is InChI=1S/C23H29N5O3/c1-4-27-21(30)19-13-18(20(29)24-17-11-9-15(2)10-12-17)26-28(19)14-23(27,3)22(31)25-16-7-5-6-8-16/h9-13,16H,4-8,14H2,1-3H3,(H,24,29)(H,25,31)/t23-/m0/s1. The molecule has 0 bridgehead atoms. The summed E-state index contributed by atoms with van der Waals surface area (Å²) >= 11 is 0. The van der Waals surface area contributed by atoms with E-state index in [0.717, 1.165) is 31.2 Å². The molecule has 0 saturated heterocycles.